The zero-order valence-electron chi connectivity index (χ0n) is 10.4. The first-order valence-electron chi connectivity index (χ1n) is 6.03. The van der Waals surface area contributed by atoms with Gasteiger partial charge in [0.1, 0.15) is 6.61 Å². The number of nitro groups is 1. The standard InChI is InChI=1S/C13H15FN2O3/c1-9(7-15-10-2-3-10)8-19-13-5-4-11(16(17)18)6-12(13)14/h4-6,10,15H,1-3,7-8H2. The Labute approximate surface area is 110 Å². The highest BCUT2D eigenvalue weighted by molar-refractivity contribution is 5.37. The molecule has 2 rings (SSSR count). The van der Waals surface area contributed by atoms with Crippen LogP contribution in [0.3, 0.4) is 0 Å². The number of non-ortho nitro benzene ring substituents is 1. The molecular formula is C13H15FN2O3. The fourth-order valence-corrected chi connectivity index (χ4v) is 1.53. The summed E-state index contributed by atoms with van der Waals surface area (Å²) in [5, 5.41) is 13.7. The zero-order valence-corrected chi connectivity index (χ0v) is 10.4. The zero-order chi connectivity index (χ0) is 13.8. The number of hydrogen-bond donors (Lipinski definition) is 1. The predicted molar refractivity (Wildman–Crippen MR) is 68.7 cm³/mol. The second-order valence-corrected chi connectivity index (χ2v) is 4.57. The summed E-state index contributed by atoms with van der Waals surface area (Å²) in [7, 11) is 0. The highest BCUT2D eigenvalue weighted by atomic mass is 19.1. The van der Waals surface area contributed by atoms with Crippen LogP contribution in [0.5, 0.6) is 5.75 Å². The molecule has 1 N–H and O–H groups in total. The summed E-state index contributed by atoms with van der Waals surface area (Å²) >= 11 is 0. The fraction of sp³-hybridized carbons (Fsp3) is 0.385. The van der Waals surface area contributed by atoms with Gasteiger partial charge in [-0.2, -0.15) is 0 Å². The molecule has 5 nitrogen and oxygen atoms in total. The van der Waals surface area contributed by atoms with E-state index in [1.807, 2.05) is 0 Å². The SMILES string of the molecule is C=C(CNC1CC1)COc1ccc([N+](=O)[O-])cc1F. The molecule has 1 aliphatic rings. The molecule has 0 heterocycles. The summed E-state index contributed by atoms with van der Waals surface area (Å²) in [6, 6.07) is 3.90. The number of benzene rings is 1. The van der Waals surface area contributed by atoms with Crippen molar-refractivity contribution >= 4 is 5.69 Å². The van der Waals surface area contributed by atoms with E-state index in [-0.39, 0.29) is 18.0 Å². The lowest BCUT2D eigenvalue weighted by atomic mass is 10.3. The van der Waals surface area contributed by atoms with E-state index in [1.165, 1.54) is 25.0 Å². The Bertz CT molecular complexity index is 501. The Kier molecular flexibility index (Phi) is 4.11. The topological polar surface area (TPSA) is 64.4 Å². The molecule has 0 spiro atoms. The fourth-order valence-electron chi connectivity index (χ4n) is 1.53. The van der Waals surface area contributed by atoms with E-state index in [0.717, 1.165) is 11.6 Å². The summed E-state index contributed by atoms with van der Waals surface area (Å²) in [4.78, 5) is 9.81. The third kappa shape index (κ3) is 4.03. The largest absolute Gasteiger partial charge is 0.486 e. The molecule has 0 aromatic heterocycles. The normalized spacial score (nSPS) is 14.2. The van der Waals surface area contributed by atoms with E-state index in [2.05, 4.69) is 11.9 Å². The maximum absolute atomic E-state index is 13.5. The number of nitrogens with one attached hydrogen (secondary N) is 1. The van der Waals surface area contributed by atoms with Crippen LogP contribution in [0.2, 0.25) is 0 Å². The van der Waals surface area contributed by atoms with Crippen molar-refractivity contribution in [3.63, 3.8) is 0 Å². The summed E-state index contributed by atoms with van der Waals surface area (Å²) < 4.78 is 18.8. The van der Waals surface area contributed by atoms with E-state index < -0.39 is 10.7 Å². The summed E-state index contributed by atoms with van der Waals surface area (Å²) in [5.41, 5.74) is 0.517. The lowest BCUT2D eigenvalue weighted by Crippen LogP contribution is -2.21. The van der Waals surface area contributed by atoms with E-state index in [1.54, 1.807) is 0 Å². The van der Waals surface area contributed by atoms with E-state index in [9.17, 15) is 14.5 Å². The molecule has 1 aliphatic carbocycles. The Morgan fingerprint density at radius 2 is 2.32 bits per heavy atom. The van der Waals surface area contributed by atoms with Crippen molar-refractivity contribution in [1.82, 2.24) is 5.32 Å². The molecule has 0 saturated heterocycles. The molecule has 0 bridgehead atoms. The van der Waals surface area contributed by atoms with Crippen LogP contribution in [0.4, 0.5) is 10.1 Å². The number of halogens is 1. The summed E-state index contributed by atoms with van der Waals surface area (Å²) in [5.74, 6) is -0.740. The molecule has 1 fully saturated rings. The molecule has 1 saturated carbocycles. The molecule has 0 aliphatic heterocycles. The van der Waals surface area contributed by atoms with E-state index in [0.29, 0.717) is 12.6 Å². The predicted octanol–water partition coefficient (Wildman–Crippen LogP) is 2.42. The van der Waals surface area contributed by atoms with E-state index in [4.69, 9.17) is 4.74 Å². The average molecular weight is 266 g/mol. The molecule has 102 valence electrons. The Hall–Kier alpha value is -1.95. The van der Waals surface area contributed by atoms with Gasteiger partial charge in [-0.05, 0) is 24.5 Å². The van der Waals surface area contributed by atoms with Gasteiger partial charge in [0.15, 0.2) is 11.6 Å². The first-order valence-corrected chi connectivity index (χ1v) is 6.03. The lowest BCUT2D eigenvalue weighted by molar-refractivity contribution is -0.385. The van der Waals surface area contributed by atoms with Crippen molar-refractivity contribution in [2.24, 2.45) is 0 Å². The van der Waals surface area contributed by atoms with Crippen LogP contribution in [0.25, 0.3) is 0 Å². The van der Waals surface area contributed by atoms with Gasteiger partial charge < -0.3 is 10.1 Å². The summed E-state index contributed by atoms with van der Waals surface area (Å²) in [6.45, 7) is 4.65. The maximum Gasteiger partial charge on any atom is 0.272 e. The molecule has 0 unspecified atom stereocenters. The van der Waals surface area contributed by atoms with Gasteiger partial charge >= 0.3 is 0 Å². The van der Waals surface area contributed by atoms with Crippen molar-refractivity contribution in [1.29, 1.82) is 0 Å². The monoisotopic (exact) mass is 266 g/mol. The smallest absolute Gasteiger partial charge is 0.272 e. The van der Waals surface area contributed by atoms with Crippen LogP contribution in [0.15, 0.2) is 30.4 Å². The van der Waals surface area contributed by atoms with Gasteiger partial charge in [0.05, 0.1) is 11.0 Å². The van der Waals surface area contributed by atoms with Gasteiger partial charge in [0, 0.05) is 18.7 Å². The van der Waals surface area contributed by atoms with Crippen molar-refractivity contribution in [2.45, 2.75) is 18.9 Å². The van der Waals surface area contributed by atoms with Crippen LogP contribution >= 0.6 is 0 Å². The average Bonchev–Trinajstić information content (AvgIpc) is 3.18. The highest BCUT2D eigenvalue weighted by Gasteiger charge is 2.20. The van der Waals surface area contributed by atoms with Gasteiger partial charge in [0.25, 0.3) is 5.69 Å². The second kappa shape index (κ2) is 5.79. The van der Waals surface area contributed by atoms with Crippen molar-refractivity contribution in [3.8, 4) is 5.75 Å². The van der Waals surface area contributed by atoms with Crippen molar-refractivity contribution in [3.05, 3.63) is 46.3 Å². The van der Waals surface area contributed by atoms with Gasteiger partial charge in [-0.1, -0.05) is 6.58 Å². The minimum absolute atomic E-state index is 0.00169. The Morgan fingerprint density at radius 3 is 2.89 bits per heavy atom. The first kappa shape index (κ1) is 13.5. The number of rotatable bonds is 7. The minimum Gasteiger partial charge on any atom is -0.486 e. The first-order chi connectivity index (χ1) is 9.06. The molecule has 1 aromatic rings. The number of ether oxygens (including phenoxy) is 1. The van der Waals surface area contributed by atoms with E-state index >= 15 is 0 Å². The van der Waals surface area contributed by atoms with Gasteiger partial charge in [-0.25, -0.2) is 4.39 Å². The lowest BCUT2D eigenvalue weighted by Gasteiger charge is -2.10. The van der Waals surface area contributed by atoms with Crippen LogP contribution in [-0.2, 0) is 0 Å². The third-order valence-electron chi connectivity index (χ3n) is 2.78. The van der Waals surface area contributed by atoms with Gasteiger partial charge in [-0.3, -0.25) is 10.1 Å². The summed E-state index contributed by atoms with van der Waals surface area (Å²) in [6.07, 6.45) is 2.37. The molecular weight excluding hydrogens is 251 g/mol. The quantitative estimate of drug-likeness (QED) is 0.467. The third-order valence-corrected chi connectivity index (χ3v) is 2.78. The molecule has 19 heavy (non-hydrogen) atoms. The molecule has 6 heteroatoms. The molecule has 0 radical (unpaired) electrons. The van der Waals surface area contributed by atoms with Crippen LogP contribution in [-0.4, -0.2) is 24.1 Å². The molecule has 1 aromatic carbocycles. The molecule has 0 atom stereocenters. The number of nitrogens with zero attached hydrogens (tertiary/aromatic N) is 1. The Balaban J connectivity index is 1.84. The Morgan fingerprint density at radius 1 is 1.58 bits per heavy atom. The molecule has 0 amide bonds. The highest BCUT2D eigenvalue weighted by Crippen LogP contribution is 2.23. The van der Waals surface area contributed by atoms with Crippen molar-refractivity contribution in [2.75, 3.05) is 13.2 Å². The number of hydrogen-bond acceptors (Lipinski definition) is 4. The van der Waals surface area contributed by atoms with Crippen LogP contribution < -0.4 is 10.1 Å². The minimum atomic E-state index is -0.739. The maximum atomic E-state index is 13.5. The number of nitro benzene ring substituents is 1. The van der Waals surface area contributed by atoms with Crippen molar-refractivity contribution < 1.29 is 14.1 Å². The second-order valence-electron chi connectivity index (χ2n) is 4.57. The van der Waals surface area contributed by atoms with Gasteiger partial charge in [-0.15, -0.1) is 0 Å². The van der Waals surface area contributed by atoms with Crippen LogP contribution in [0.1, 0.15) is 12.8 Å². The van der Waals surface area contributed by atoms with Crippen LogP contribution in [0, 0.1) is 15.9 Å². The van der Waals surface area contributed by atoms with Gasteiger partial charge in [0.2, 0.25) is 0 Å².